The van der Waals surface area contributed by atoms with Gasteiger partial charge in [0.2, 0.25) is 5.91 Å². The average Bonchev–Trinajstić information content (AvgIpc) is 2.66. The van der Waals surface area contributed by atoms with Crippen molar-refractivity contribution in [3.63, 3.8) is 0 Å². The highest BCUT2D eigenvalue weighted by Crippen LogP contribution is 2.30. The predicted octanol–water partition coefficient (Wildman–Crippen LogP) is 3.01. The minimum atomic E-state index is -0.277. The fourth-order valence-electron chi connectivity index (χ4n) is 3.06. The zero-order valence-corrected chi connectivity index (χ0v) is 15.0. The lowest BCUT2D eigenvalue weighted by atomic mass is 10.0. The highest BCUT2D eigenvalue weighted by Gasteiger charge is 2.20. The van der Waals surface area contributed by atoms with E-state index in [-0.39, 0.29) is 18.4 Å². The number of ether oxygens (including phenoxy) is 2. The number of carbonyl (C=O) groups is 2. The number of fused-ring (bicyclic) bond motifs is 1. The molecule has 3 rings (SSSR count). The van der Waals surface area contributed by atoms with Gasteiger partial charge >= 0.3 is 0 Å². The van der Waals surface area contributed by atoms with Gasteiger partial charge in [-0.15, -0.1) is 0 Å². The van der Waals surface area contributed by atoms with Crippen LogP contribution < -0.4 is 19.7 Å². The zero-order chi connectivity index (χ0) is 18.5. The summed E-state index contributed by atoms with van der Waals surface area (Å²) < 4.78 is 10.7. The lowest BCUT2D eigenvalue weighted by molar-refractivity contribution is -0.118. The maximum absolute atomic E-state index is 12.2. The lowest BCUT2D eigenvalue weighted by Gasteiger charge is -2.29. The quantitative estimate of drug-likeness (QED) is 0.896. The van der Waals surface area contributed by atoms with Gasteiger partial charge in [-0.25, -0.2) is 0 Å². The highest BCUT2D eigenvalue weighted by atomic mass is 16.5. The first-order chi connectivity index (χ1) is 12.6. The highest BCUT2D eigenvalue weighted by molar-refractivity contribution is 5.96. The summed E-state index contributed by atoms with van der Waals surface area (Å²) >= 11 is 0. The van der Waals surface area contributed by atoms with Crippen molar-refractivity contribution in [2.45, 2.75) is 19.8 Å². The molecule has 2 amide bonds. The molecule has 0 saturated heterocycles. The summed E-state index contributed by atoms with van der Waals surface area (Å²) in [5, 5.41) is 2.82. The molecule has 2 aromatic rings. The third-order valence-corrected chi connectivity index (χ3v) is 4.30. The number of nitrogens with zero attached hydrogens (tertiary/aromatic N) is 1. The molecule has 0 atom stereocenters. The Hall–Kier alpha value is -3.02. The summed E-state index contributed by atoms with van der Waals surface area (Å²) in [6, 6.07) is 12.8. The molecule has 1 heterocycles. The van der Waals surface area contributed by atoms with Crippen LogP contribution in [0.5, 0.6) is 11.5 Å². The van der Waals surface area contributed by atoms with Crippen molar-refractivity contribution in [3.05, 3.63) is 48.0 Å². The number of amides is 2. The van der Waals surface area contributed by atoms with E-state index in [1.807, 2.05) is 30.3 Å². The van der Waals surface area contributed by atoms with Gasteiger partial charge < -0.3 is 19.7 Å². The van der Waals surface area contributed by atoms with Gasteiger partial charge in [0, 0.05) is 24.8 Å². The molecule has 0 saturated carbocycles. The minimum Gasteiger partial charge on any atom is -0.493 e. The molecular weight excluding hydrogens is 332 g/mol. The number of methoxy groups -OCH3 is 1. The molecule has 26 heavy (non-hydrogen) atoms. The van der Waals surface area contributed by atoms with Crippen LogP contribution in [0.1, 0.15) is 18.9 Å². The number of nitrogens with one attached hydrogen (secondary N) is 1. The first kappa shape index (κ1) is 17.8. The first-order valence-electron chi connectivity index (χ1n) is 8.55. The Labute approximate surface area is 152 Å². The molecule has 0 bridgehead atoms. The number of rotatable bonds is 5. The van der Waals surface area contributed by atoms with E-state index in [2.05, 4.69) is 5.32 Å². The van der Waals surface area contributed by atoms with Crippen molar-refractivity contribution in [2.75, 3.05) is 30.5 Å². The number of benzene rings is 2. The van der Waals surface area contributed by atoms with E-state index in [1.165, 1.54) is 0 Å². The smallest absolute Gasteiger partial charge is 0.262 e. The first-order valence-corrected chi connectivity index (χ1v) is 8.55. The Morgan fingerprint density at radius 1 is 1.15 bits per heavy atom. The van der Waals surface area contributed by atoms with E-state index in [9.17, 15) is 9.59 Å². The number of hydrogen-bond acceptors (Lipinski definition) is 4. The molecule has 6 heteroatoms. The Balaban J connectivity index is 1.66. The standard InChI is InChI=1S/C20H22N2O4/c1-14(23)22-11-5-6-15-9-10-16(12-17(15)22)21-20(24)13-26-19-8-4-3-7-18(19)25-2/h3-4,7-10,12H,5-6,11,13H2,1-2H3,(H,21,24). The van der Waals surface area contributed by atoms with Gasteiger partial charge in [0.05, 0.1) is 7.11 Å². The summed E-state index contributed by atoms with van der Waals surface area (Å²) in [6.07, 6.45) is 1.88. The van der Waals surface area contributed by atoms with Gasteiger partial charge in [-0.1, -0.05) is 18.2 Å². The number of para-hydroxylation sites is 2. The summed E-state index contributed by atoms with van der Waals surface area (Å²) in [5.74, 6) is 0.819. The molecule has 0 spiro atoms. The monoisotopic (exact) mass is 354 g/mol. The topological polar surface area (TPSA) is 67.9 Å². The molecule has 0 radical (unpaired) electrons. The van der Waals surface area contributed by atoms with Gasteiger partial charge in [0.15, 0.2) is 18.1 Å². The molecule has 6 nitrogen and oxygen atoms in total. The molecular formula is C20H22N2O4. The lowest BCUT2D eigenvalue weighted by Crippen LogP contribution is -2.33. The minimum absolute atomic E-state index is 0.00827. The number of anilines is 2. The van der Waals surface area contributed by atoms with E-state index in [1.54, 1.807) is 31.1 Å². The fourth-order valence-corrected chi connectivity index (χ4v) is 3.06. The van der Waals surface area contributed by atoms with Crippen molar-refractivity contribution >= 4 is 23.2 Å². The normalized spacial score (nSPS) is 12.9. The van der Waals surface area contributed by atoms with E-state index >= 15 is 0 Å². The molecule has 136 valence electrons. The fraction of sp³-hybridized carbons (Fsp3) is 0.300. The van der Waals surface area contributed by atoms with Crippen LogP contribution in [0.25, 0.3) is 0 Å². The van der Waals surface area contributed by atoms with Crippen molar-refractivity contribution in [1.29, 1.82) is 0 Å². The van der Waals surface area contributed by atoms with Crippen LogP contribution in [0.4, 0.5) is 11.4 Å². The number of hydrogen-bond donors (Lipinski definition) is 1. The van der Waals surface area contributed by atoms with Crippen molar-refractivity contribution in [2.24, 2.45) is 0 Å². The van der Waals surface area contributed by atoms with Crippen LogP contribution >= 0.6 is 0 Å². The Morgan fingerprint density at radius 3 is 2.65 bits per heavy atom. The van der Waals surface area contributed by atoms with E-state index in [0.29, 0.717) is 23.7 Å². The maximum Gasteiger partial charge on any atom is 0.262 e. The molecule has 1 aliphatic rings. The number of aryl methyl sites for hydroxylation is 1. The largest absolute Gasteiger partial charge is 0.493 e. The summed E-state index contributed by atoms with van der Waals surface area (Å²) in [5.41, 5.74) is 2.63. The SMILES string of the molecule is COc1ccccc1OCC(=O)Nc1ccc2c(c1)N(C(C)=O)CCC2. The summed E-state index contributed by atoms with van der Waals surface area (Å²) in [7, 11) is 1.55. The van der Waals surface area contributed by atoms with Crippen molar-refractivity contribution in [3.8, 4) is 11.5 Å². The second kappa shape index (κ2) is 7.91. The van der Waals surface area contributed by atoms with Crippen molar-refractivity contribution in [1.82, 2.24) is 0 Å². The molecule has 0 unspecified atom stereocenters. The van der Waals surface area contributed by atoms with Gasteiger partial charge in [-0.2, -0.15) is 0 Å². The Morgan fingerprint density at radius 2 is 1.92 bits per heavy atom. The zero-order valence-electron chi connectivity index (χ0n) is 15.0. The van der Waals surface area contributed by atoms with Crippen LogP contribution in [0.3, 0.4) is 0 Å². The maximum atomic E-state index is 12.2. The molecule has 0 aromatic heterocycles. The molecule has 0 fully saturated rings. The molecule has 1 aliphatic heterocycles. The molecule has 2 aromatic carbocycles. The van der Waals surface area contributed by atoms with Crippen LogP contribution in [0.15, 0.2) is 42.5 Å². The van der Waals surface area contributed by atoms with Crippen LogP contribution in [0, 0.1) is 0 Å². The molecule has 1 N–H and O–H groups in total. The van der Waals surface area contributed by atoms with E-state index in [4.69, 9.17) is 9.47 Å². The van der Waals surface area contributed by atoms with E-state index in [0.717, 1.165) is 24.1 Å². The Bertz CT molecular complexity index is 819. The van der Waals surface area contributed by atoms with Crippen LogP contribution in [0.2, 0.25) is 0 Å². The second-order valence-corrected chi connectivity index (χ2v) is 6.11. The Kier molecular flexibility index (Phi) is 5.41. The van der Waals surface area contributed by atoms with Gasteiger partial charge in [-0.3, -0.25) is 9.59 Å². The summed E-state index contributed by atoms with van der Waals surface area (Å²) in [6.45, 7) is 2.13. The van der Waals surface area contributed by atoms with Crippen molar-refractivity contribution < 1.29 is 19.1 Å². The summed E-state index contributed by atoms with van der Waals surface area (Å²) in [4.78, 5) is 25.8. The van der Waals surface area contributed by atoms with Gasteiger partial charge in [0.25, 0.3) is 5.91 Å². The van der Waals surface area contributed by atoms with E-state index < -0.39 is 0 Å². The van der Waals surface area contributed by atoms with Gasteiger partial charge in [-0.05, 0) is 42.7 Å². The second-order valence-electron chi connectivity index (χ2n) is 6.11. The third kappa shape index (κ3) is 3.96. The number of carbonyl (C=O) groups excluding carboxylic acids is 2. The van der Waals surface area contributed by atoms with Crippen LogP contribution in [-0.2, 0) is 16.0 Å². The third-order valence-electron chi connectivity index (χ3n) is 4.30. The predicted molar refractivity (Wildman–Crippen MR) is 99.9 cm³/mol. The van der Waals surface area contributed by atoms with Gasteiger partial charge in [0.1, 0.15) is 0 Å². The average molecular weight is 354 g/mol. The van der Waals surface area contributed by atoms with Crippen LogP contribution in [-0.4, -0.2) is 32.1 Å². The molecule has 0 aliphatic carbocycles.